The highest BCUT2D eigenvalue weighted by Gasteiger charge is 2.13. The summed E-state index contributed by atoms with van der Waals surface area (Å²) < 4.78 is 0. The third-order valence-corrected chi connectivity index (χ3v) is 4.51. The zero-order chi connectivity index (χ0) is 19.3. The lowest BCUT2D eigenvalue weighted by Crippen LogP contribution is -3.08. The number of carbonyl (C=O) groups excluding carboxylic acids is 2. The van der Waals surface area contributed by atoms with Gasteiger partial charge in [-0.05, 0) is 42.8 Å². The van der Waals surface area contributed by atoms with E-state index >= 15 is 0 Å². The Bertz CT molecular complexity index is 788. The fraction of sp³-hybridized carbons (Fsp3) is 0.300. The molecule has 1 atom stereocenters. The predicted octanol–water partition coefficient (Wildman–Crippen LogP) is 2.00. The van der Waals surface area contributed by atoms with E-state index in [1.807, 2.05) is 32.2 Å². The lowest BCUT2D eigenvalue weighted by Gasteiger charge is -2.16. The van der Waals surface area contributed by atoms with E-state index < -0.39 is 0 Å². The van der Waals surface area contributed by atoms with Gasteiger partial charge in [0.1, 0.15) is 6.54 Å². The van der Waals surface area contributed by atoms with Gasteiger partial charge in [-0.25, -0.2) is 0 Å². The van der Waals surface area contributed by atoms with Crippen molar-refractivity contribution in [2.45, 2.75) is 13.5 Å². The first-order valence-electron chi connectivity index (χ1n) is 8.44. The number of halogens is 1. The number of hydrogen-bond acceptors (Lipinski definition) is 2. The quantitative estimate of drug-likeness (QED) is 0.812. The molecular weight excluding hydrogens is 350 g/mol. The van der Waals surface area contributed by atoms with Gasteiger partial charge in [0.2, 0.25) is 0 Å². The normalized spacial score (nSPS) is 11.7. The number of carbonyl (C=O) groups is 2. The monoisotopic (exact) mass is 374 g/mol. The Labute approximate surface area is 159 Å². The van der Waals surface area contributed by atoms with Gasteiger partial charge in [0.05, 0.1) is 7.05 Å². The van der Waals surface area contributed by atoms with Crippen molar-refractivity contribution in [3.8, 4) is 0 Å². The molecule has 0 spiro atoms. The van der Waals surface area contributed by atoms with Gasteiger partial charge in [-0.15, -0.1) is 0 Å². The molecule has 0 fully saturated rings. The predicted molar refractivity (Wildman–Crippen MR) is 105 cm³/mol. The SMILES string of the molecule is Cc1cc(NC(=O)c2ccc(C[NH+](C)CC(=O)N(C)C)cc2)ccc1Cl. The summed E-state index contributed by atoms with van der Waals surface area (Å²) in [4.78, 5) is 26.8. The number of hydrogen-bond donors (Lipinski definition) is 2. The molecule has 0 bridgehead atoms. The maximum absolute atomic E-state index is 12.4. The van der Waals surface area contributed by atoms with Crippen LogP contribution in [0.5, 0.6) is 0 Å². The van der Waals surface area contributed by atoms with Crippen LogP contribution in [-0.4, -0.2) is 44.4 Å². The minimum atomic E-state index is -0.165. The first-order chi connectivity index (χ1) is 12.3. The minimum Gasteiger partial charge on any atom is -0.344 e. The number of nitrogens with zero attached hydrogens (tertiary/aromatic N) is 1. The molecule has 2 rings (SSSR count). The number of amides is 2. The number of benzene rings is 2. The van der Waals surface area contributed by atoms with Crippen LogP contribution in [0.25, 0.3) is 0 Å². The molecule has 5 nitrogen and oxygen atoms in total. The van der Waals surface area contributed by atoms with Crippen molar-refractivity contribution in [3.05, 3.63) is 64.2 Å². The lowest BCUT2D eigenvalue weighted by molar-refractivity contribution is -0.885. The van der Waals surface area contributed by atoms with Crippen LogP contribution < -0.4 is 10.2 Å². The van der Waals surface area contributed by atoms with E-state index in [2.05, 4.69) is 5.32 Å². The second-order valence-corrected chi connectivity index (χ2v) is 7.12. The molecule has 2 aromatic carbocycles. The minimum absolute atomic E-state index is 0.0942. The lowest BCUT2D eigenvalue weighted by atomic mass is 10.1. The van der Waals surface area contributed by atoms with Crippen molar-refractivity contribution in [1.82, 2.24) is 4.90 Å². The van der Waals surface area contributed by atoms with Crippen LogP contribution in [0.4, 0.5) is 5.69 Å². The maximum atomic E-state index is 12.4. The number of anilines is 1. The van der Waals surface area contributed by atoms with E-state index in [9.17, 15) is 9.59 Å². The third-order valence-electron chi connectivity index (χ3n) is 4.09. The van der Waals surface area contributed by atoms with Crippen LogP contribution in [0.1, 0.15) is 21.5 Å². The topological polar surface area (TPSA) is 53.9 Å². The molecule has 0 saturated carbocycles. The van der Waals surface area contributed by atoms with E-state index in [-0.39, 0.29) is 11.8 Å². The van der Waals surface area contributed by atoms with Crippen molar-refractivity contribution < 1.29 is 14.5 Å². The van der Waals surface area contributed by atoms with Gasteiger partial charge < -0.3 is 15.1 Å². The van der Waals surface area contributed by atoms with E-state index in [1.54, 1.807) is 43.3 Å². The van der Waals surface area contributed by atoms with Crippen molar-refractivity contribution in [2.75, 3.05) is 33.0 Å². The Kier molecular flexibility index (Phi) is 6.77. The van der Waals surface area contributed by atoms with Crippen LogP contribution in [0, 0.1) is 6.92 Å². The van der Waals surface area contributed by atoms with E-state index in [0.29, 0.717) is 22.8 Å². The van der Waals surface area contributed by atoms with Crippen LogP contribution in [0.3, 0.4) is 0 Å². The molecule has 0 aliphatic rings. The largest absolute Gasteiger partial charge is 0.344 e. The molecule has 1 unspecified atom stereocenters. The molecule has 0 heterocycles. The summed E-state index contributed by atoms with van der Waals surface area (Å²) in [5.41, 5.74) is 3.29. The van der Waals surface area contributed by atoms with Gasteiger partial charge in [0.25, 0.3) is 11.8 Å². The van der Waals surface area contributed by atoms with Gasteiger partial charge in [-0.2, -0.15) is 0 Å². The zero-order valence-corrected chi connectivity index (χ0v) is 16.4. The van der Waals surface area contributed by atoms with Crippen molar-refractivity contribution in [3.63, 3.8) is 0 Å². The third kappa shape index (κ3) is 5.58. The van der Waals surface area contributed by atoms with Crippen molar-refractivity contribution in [2.24, 2.45) is 0 Å². The molecule has 0 radical (unpaired) electrons. The Morgan fingerprint density at radius 3 is 2.35 bits per heavy atom. The highest BCUT2D eigenvalue weighted by molar-refractivity contribution is 6.31. The van der Waals surface area contributed by atoms with Gasteiger partial charge in [-0.3, -0.25) is 9.59 Å². The van der Waals surface area contributed by atoms with Crippen molar-refractivity contribution in [1.29, 1.82) is 0 Å². The first-order valence-corrected chi connectivity index (χ1v) is 8.82. The smallest absolute Gasteiger partial charge is 0.277 e. The summed E-state index contributed by atoms with van der Waals surface area (Å²) >= 11 is 6.00. The van der Waals surface area contributed by atoms with Gasteiger partial charge in [-0.1, -0.05) is 23.7 Å². The van der Waals surface area contributed by atoms with Gasteiger partial charge >= 0.3 is 0 Å². The molecule has 2 aromatic rings. The van der Waals surface area contributed by atoms with Crippen LogP contribution in [0.15, 0.2) is 42.5 Å². The molecule has 138 valence electrons. The molecule has 0 aliphatic heterocycles. The van der Waals surface area contributed by atoms with Crippen LogP contribution in [-0.2, 0) is 11.3 Å². The van der Waals surface area contributed by atoms with E-state index in [0.717, 1.165) is 22.6 Å². The molecule has 0 saturated heterocycles. The summed E-state index contributed by atoms with van der Waals surface area (Å²) in [5, 5.41) is 3.54. The number of likely N-dealkylation sites (N-methyl/N-ethyl adjacent to an activating group) is 2. The standard InChI is InChI=1S/C20H24ClN3O2/c1-14-11-17(9-10-18(14)21)22-20(26)16-7-5-15(6-8-16)12-24(4)13-19(25)23(2)3/h5-11H,12-13H2,1-4H3,(H,22,26)/p+1. The molecule has 0 aromatic heterocycles. The molecule has 26 heavy (non-hydrogen) atoms. The fourth-order valence-corrected chi connectivity index (χ4v) is 2.64. The summed E-state index contributed by atoms with van der Waals surface area (Å²) in [7, 11) is 5.49. The number of aryl methyl sites for hydroxylation is 1. The molecule has 2 amide bonds. The van der Waals surface area contributed by atoms with E-state index in [4.69, 9.17) is 11.6 Å². The molecule has 0 aliphatic carbocycles. The average molecular weight is 375 g/mol. The highest BCUT2D eigenvalue weighted by atomic mass is 35.5. The van der Waals surface area contributed by atoms with Gasteiger partial charge in [0.15, 0.2) is 6.54 Å². The second-order valence-electron chi connectivity index (χ2n) is 6.71. The van der Waals surface area contributed by atoms with Crippen LogP contribution >= 0.6 is 11.6 Å². The Balaban J connectivity index is 1.96. The van der Waals surface area contributed by atoms with Gasteiger partial charge in [0, 0.05) is 35.9 Å². The second kappa shape index (κ2) is 8.83. The number of rotatable bonds is 6. The Hall–Kier alpha value is -2.37. The number of nitrogens with one attached hydrogen (secondary N) is 2. The van der Waals surface area contributed by atoms with Crippen molar-refractivity contribution >= 4 is 29.1 Å². The Morgan fingerprint density at radius 2 is 1.77 bits per heavy atom. The number of quaternary nitrogens is 1. The summed E-state index contributed by atoms with van der Waals surface area (Å²) in [6.45, 7) is 3.05. The van der Waals surface area contributed by atoms with Crippen LogP contribution in [0.2, 0.25) is 5.02 Å². The molecule has 2 N–H and O–H groups in total. The van der Waals surface area contributed by atoms with E-state index in [1.165, 1.54) is 0 Å². The molecule has 6 heteroatoms. The highest BCUT2D eigenvalue weighted by Crippen LogP contribution is 2.20. The maximum Gasteiger partial charge on any atom is 0.277 e. The fourth-order valence-electron chi connectivity index (χ4n) is 2.53. The Morgan fingerprint density at radius 1 is 1.12 bits per heavy atom. The summed E-state index contributed by atoms with van der Waals surface area (Å²) in [6.07, 6.45) is 0. The summed E-state index contributed by atoms with van der Waals surface area (Å²) in [5.74, 6) is -0.0708. The zero-order valence-electron chi connectivity index (χ0n) is 15.6. The first kappa shape index (κ1) is 19.9. The average Bonchev–Trinajstić information content (AvgIpc) is 2.58. The molecular formula is C20H25ClN3O2+. The summed E-state index contributed by atoms with van der Waals surface area (Å²) in [6, 6.07) is 12.8.